The molecule has 2 aromatic rings. The Hall–Kier alpha value is -2.74. The fourth-order valence-electron chi connectivity index (χ4n) is 2.82. The monoisotopic (exact) mass is 389 g/mol. The quantitative estimate of drug-likeness (QED) is 0.679. The number of ether oxygens (including phenoxy) is 1. The second kappa shape index (κ2) is 7.11. The van der Waals surface area contributed by atoms with Gasteiger partial charge in [-0.1, -0.05) is 12.1 Å². The molecule has 2 aliphatic rings. The molecule has 0 fully saturated rings. The normalized spacial score (nSPS) is 16.5. The molecule has 27 heavy (non-hydrogen) atoms. The number of pyridine rings is 1. The predicted octanol–water partition coefficient (Wildman–Crippen LogP) is 5.17. The number of alkyl halides is 3. The van der Waals surface area contributed by atoms with Crippen LogP contribution < -0.4 is 4.74 Å². The number of amidine groups is 1. The molecule has 0 saturated carbocycles. The van der Waals surface area contributed by atoms with Crippen LogP contribution in [0.15, 0.2) is 65.5 Å². The van der Waals surface area contributed by atoms with Crippen LogP contribution in [0.1, 0.15) is 11.1 Å². The smallest absolute Gasteiger partial charge is 0.420 e. The lowest BCUT2D eigenvalue weighted by atomic mass is 10.0. The van der Waals surface area contributed by atoms with E-state index in [-0.39, 0.29) is 5.75 Å². The lowest BCUT2D eigenvalue weighted by Gasteiger charge is -2.29. The van der Waals surface area contributed by atoms with Crippen molar-refractivity contribution < 1.29 is 17.9 Å². The third-order valence-corrected chi connectivity index (χ3v) is 4.77. The van der Waals surface area contributed by atoms with Gasteiger partial charge in [-0.3, -0.25) is 4.98 Å². The van der Waals surface area contributed by atoms with Gasteiger partial charge in [-0.2, -0.15) is 17.6 Å². The third-order valence-electron chi connectivity index (χ3n) is 4.10. The molecule has 0 radical (unpaired) electrons. The minimum absolute atomic E-state index is 0.306. The van der Waals surface area contributed by atoms with Crippen LogP contribution in [-0.2, 0) is 6.18 Å². The fraction of sp³-hybridized carbons (Fsp3) is 0.158. The SMILES string of the molecule is FC(F)(F)c1ccncc1Oc1ccc(C2=CC=CN3CCSN=C23)cc1. The molecular weight excluding hydrogens is 375 g/mol. The molecule has 0 saturated heterocycles. The number of rotatable bonds is 3. The Labute approximate surface area is 158 Å². The molecule has 0 unspecified atom stereocenters. The molecule has 0 N–H and O–H groups in total. The summed E-state index contributed by atoms with van der Waals surface area (Å²) in [4.78, 5) is 5.81. The highest BCUT2D eigenvalue weighted by molar-refractivity contribution is 7.98. The summed E-state index contributed by atoms with van der Waals surface area (Å²) in [5.74, 6) is 1.80. The van der Waals surface area contributed by atoms with Crippen LogP contribution in [0.25, 0.3) is 5.57 Å². The average molecular weight is 389 g/mol. The number of hydrogen-bond donors (Lipinski definition) is 0. The molecule has 4 rings (SSSR count). The Balaban J connectivity index is 1.58. The Morgan fingerprint density at radius 3 is 2.70 bits per heavy atom. The van der Waals surface area contributed by atoms with E-state index in [2.05, 4.69) is 14.3 Å². The Morgan fingerprint density at radius 1 is 1.11 bits per heavy atom. The van der Waals surface area contributed by atoms with Gasteiger partial charge in [0.2, 0.25) is 0 Å². The molecule has 138 valence electrons. The number of nitrogens with zero attached hydrogens (tertiary/aromatic N) is 3. The lowest BCUT2D eigenvalue weighted by Crippen LogP contribution is -2.32. The van der Waals surface area contributed by atoms with E-state index in [1.807, 2.05) is 30.5 Å². The summed E-state index contributed by atoms with van der Waals surface area (Å²) in [6.07, 6.45) is 3.58. The summed E-state index contributed by atoms with van der Waals surface area (Å²) in [6, 6.07) is 7.80. The van der Waals surface area contributed by atoms with Crippen molar-refractivity contribution in [3.05, 3.63) is 72.2 Å². The van der Waals surface area contributed by atoms with Gasteiger partial charge in [0.05, 0.1) is 6.20 Å². The molecular formula is C19H14F3N3OS. The van der Waals surface area contributed by atoms with Crippen LogP contribution in [0.4, 0.5) is 13.2 Å². The lowest BCUT2D eigenvalue weighted by molar-refractivity contribution is -0.138. The highest BCUT2D eigenvalue weighted by Gasteiger charge is 2.34. The standard InChI is InChI=1S/C19H14F3N3OS/c20-19(21,22)16-7-8-23-12-17(16)26-14-5-3-13(4-6-14)15-2-1-9-25-10-11-27-24-18(15)25/h1-9,12H,10-11H2. The van der Waals surface area contributed by atoms with E-state index >= 15 is 0 Å². The molecule has 0 spiro atoms. The van der Waals surface area contributed by atoms with Crippen LogP contribution in [0.2, 0.25) is 0 Å². The van der Waals surface area contributed by atoms with Crippen molar-refractivity contribution in [1.29, 1.82) is 0 Å². The second-order valence-corrected chi connectivity index (χ2v) is 6.71. The average Bonchev–Trinajstić information content (AvgIpc) is 2.68. The number of halogens is 3. The van der Waals surface area contributed by atoms with Gasteiger partial charge in [0.25, 0.3) is 0 Å². The first-order valence-electron chi connectivity index (χ1n) is 8.17. The van der Waals surface area contributed by atoms with Gasteiger partial charge in [0.15, 0.2) is 5.75 Å². The molecule has 3 heterocycles. The van der Waals surface area contributed by atoms with Gasteiger partial charge in [-0.15, -0.1) is 0 Å². The first-order valence-corrected chi connectivity index (χ1v) is 9.11. The second-order valence-electron chi connectivity index (χ2n) is 5.86. The van der Waals surface area contributed by atoms with Gasteiger partial charge < -0.3 is 9.64 Å². The fourth-order valence-corrected chi connectivity index (χ4v) is 3.52. The first kappa shape index (κ1) is 17.7. The van der Waals surface area contributed by atoms with E-state index in [9.17, 15) is 13.2 Å². The zero-order chi connectivity index (χ0) is 18.9. The van der Waals surface area contributed by atoms with Crippen molar-refractivity contribution in [1.82, 2.24) is 9.88 Å². The molecule has 0 atom stereocenters. The summed E-state index contributed by atoms with van der Waals surface area (Å²) in [6.45, 7) is 0.889. The van der Waals surface area contributed by atoms with E-state index < -0.39 is 11.7 Å². The van der Waals surface area contributed by atoms with Crippen LogP contribution in [0.5, 0.6) is 11.5 Å². The Bertz CT molecular complexity index is 936. The molecule has 1 aromatic carbocycles. The first-order chi connectivity index (χ1) is 13.0. The summed E-state index contributed by atoms with van der Waals surface area (Å²) >= 11 is 1.52. The van der Waals surface area contributed by atoms with Gasteiger partial charge in [-0.05, 0) is 47.9 Å². The van der Waals surface area contributed by atoms with Crippen LogP contribution >= 0.6 is 11.9 Å². The number of hydrogen-bond acceptors (Lipinski definition) is 5. The Morgan fingerprint density at radius 2 is 1.93 bits per heavy atom. The van der Waals surface area contributed by atoms with Crippen LogP contribution in [0, 0.1) is 0 Å². The van der Waals surface area contributed by atoms with Gasteiger partial charge in [0.1, 0.15) is 17.1 Å². The third kappa shape index (κ3) is 3.71. The topological polar surface area (TPSA) is 37.7 Å². The minimum atomic E-state index is -4.50. The van der Waals surface area contributed by atoms with E-state index in [0.717, 1.165) is 47.7 Å². The van der Waals surface area contributed by atoms with Crippen molar-refractivity contribution in [2.75, 3.05) is 12.3 Å². The summed E-state index contributed by atoms with van der Waals surface area (Å²) in [7, 11) is 0. The summed E-state index contributed by atoms with van der Waals surface area (Å²) in [5.41, 5.74) is 1.03. The van der Waals surface area contributed by atoms with E-state index in [1.54, 1.807) is 12.1 Å². The number of allylic oxidation sites excluding steroid dienone is 2. The van der Waals surface area contributed by atoms with E-state index in [1.165, 1.54) is 11.9 Å². The van der Waals surface area contributed by atoms with Gasteiger partial charge in [-0.25, -0.2) is 0 Å². The minimum Gasteiger partial charge on any atom is -0.455 e. The molecule has 0 amide bonds. The van der Waals surface area contributed by atoms with Crippen molar-refractivity contribution in [3.63, 3.8) is 0 Å². The van der Waals surface area contributed by atoms with Crippen molar-refractivity contribution in [2.24, 2.45) is 4.40 Å². The van der Waals surface area contributed by atoms with Crippen molar-refractivity contribution in [2.45, 2.75) is 6.18 Å². The van der Waals surface area contributed by atoms with Gasteiger partial charge in [0, 0.05) is 30.3 Å². The maximum absolute atomic E-state index is 13.1. The maximum Gasteiger partial charge on any atom is 0.420 e. The van der Waals surface area contributed by atoms with Gasteiger partial charge >= 0.3 is 6.18 Å². The predicted molar refractivity (Wildman–Crippen MR) is 99.5 cm³/mol. The largest absolute Gasteiger partial charge is 0.455 e. The summed E-state index contributed by atoms with van der Waals surface area (Å²) < 4.78 is 49.2. The molecule has 4 nitrogen and oxygen atoms in total. The van der Waals surface area contributed by atoms with E-state index in [0.29, 0.717) is 5.75 Å². The Kier molecular flexibility index (Phi) is 4.65. The highest BCUT2D eigenvalue weighted by Crippen LogP contribution is 2.37. The van der Waals surface area contributed by atoms with E-state index in [4.69, 9.17) is 4.74 Å². The molecule has 0 bridgehead atoms. The van der Waals surface area contributed by atoms with Crippen LogP contribution in [-0.4, -0.2) is 28.0 Å². The number of benzene rings is 1. The molecule has 2 aliphatic heterocycles. The zero-order valence-corrected chi connectivity index (χ0v) is 14.8. The molecule has 1 aromatic heterocycles. The highest BCUT2D eigenvalue weighted by atomic mass is 32.2. The summed E-state index contributed by atoms with van der Waals surface area (Å²) in [5, 5.41) is 0. The number of aromatic nitrogens is 1. The van der Waals surface area contributed by atoms with Crippen molar-refractivity contribution in [3.8, 4) is 11.5 Å². The van der Waals surface area contributed by atoms with Crippen molar-refractivity contribution >= 4 is 23.4 Å². The zero-order valence-electron chi connectivity index (χ0n) is 14.0. The number of fused-ring (bicyclic) bond motifs is 1. The molecule has 0 aliphatic carbocycles. The molecule has 8 heteroatoms. The van der Waals surface area contributed by atoms with Crippen LogP contribution in [0.3, 0.4) is 0 Å². The maximum atomic E-state index is 13.1.